The zero-order chi connectivity index (χ0) is 29.1. The van der Waals surface area contributed by atoms with Gasteiger partial charge in [0.05, 0.1) is 23.7 Å². The topological polar surface area (TPSA) is 66.8 Å². The van der Waals surface area contributed by atoms with Crippen LogP contribution in [0.1, 0.15) is 22.7 Å². The number of carbonyl (C=O) groups excluding carboxylic acids is 1. The van der Waals surface area contributed by atoms with Crippen molar-refractivity contribution in [3.8, 4) is 16.9 Å². The van der Waals surface area contributed by atoms with Crippen molar-refractivity contribution in [1.29, 1.82) is 0 Å². The number of thioether (sulfide) groups is 1. The van der Waals surface area contributed by atoms with E-state index in [1.165, 1.54) is 49.2 Å². The number of ether oxygens (including phenoxy) is 1. The van der Waals surface area contributed by atoms with E-state index in [-0.39, 0.29) is 40.5 Å². The normalized spacial score (nSPS) is 17.1. The molecule has 0 aliphatic carbocycles. The third-order valence-corrected chi connectivity index (χ3v) is 9.19. The lowest BCUT2D eigenvalue weighted by Gasteiger charge is -2.32. The molecule has 11 heteroatoms. The van der Waals surface area contributed by atoms with E-state index in [1.54, 1.807) is 22.5 Å². The molecule has 0 saturated carbocycles. The Morgan fingerprint density at radius 2 is 1.76 bits per heavy atom. The van der Waals surface area contributed by atoms with Crippen LogP contribution in [0.5, 0.6) is 5.75 Å². The molecule has 2 aromatic carbocycles. The molecular weight excluding hydrogens is 553 g/mol. The van der Waals surface area contributed by atoms with Crippen molar-refractivity contribution >= 4 is 18.2 Å². The first kappa shape index (κ1) is 29.2. The molecular formula is C30H33F3N4O3S. The highest BCUT2D eigenvalue weighted by atomic mass is 32.2. The minimum absolute atomic E-state index is 0.00932. The highest BCUT2D eigenvalue weighted by molar-refractivity contribution is 7.99. The van der Waals surface area contributed by atoms with Crippen LogP contribution in [0.25, 0.3) is 11.1 Å². The molecule has 2 aliphatic heterocycles. The number of nitrogens with zero attached hydrogens (tertiary/aromatic N) is 3. The fraction of sp³-hybridized carbons (Fsp3) is 0.400. The molecule has 0 spiro atoms. The zero-order valence-corrected chi connectivity index (χ0v) is 23.9. The van der Waals surface area contributed by atoms with Crippen LogP contribution < -0.4 is 15.6 Å². The van der Waals surface area contributed by atoms with Crippen molar-refractivity contribution in [1.82, 2.24) is 19.7 Å². The largest absolute Gasteiger partial charge is 0.494 e. The molecule has 0 bridgehead atoms. The Bertz CT molecular complexity index is 1470. The van der Waals surface area contributed by atoms with E-state index in [2.05, 4.69) is 10.2 Å². The van der Waals surface area contributed by atoms with Crippen LogP contribution in [0, 0.1) is 24.4 Å². The summed E-state index contributed by atoms with van der Waals surface area (Å²) in [7, 11) is 1.36. The second-order valence-corrected chi connectivity index (χ2v) is 11.3. The van der Waals surface area contributed by atoms with Crippen LogP contribution in [0.3, 0.4) is 0 Å². The van der Waals surface area contributed by atoms with Gasteiger partial charge in [0, 0.05) is 69.1 Å². The molecule has 1 atom stereocenters. The van der Waals surface area contributed by atoms with Crippen molar-refractivity contribution in [3.05, 3.63) is 80.9 Å². The summed E-state index contributed by atoms with van der Waals surface area (Å²) in [6.45, 7) is 6.76. The first-order valence-corrected chi connectivity index (χ1v) is 14.6. The molecule has 1 aromatic heterocycles. The highest BCUT2D eigenvalue weighted by Crippen LogP contribution is 2.40. The standard InChI is InChI=1S/C30H33F3N4O3S/c1-19-22(15-23-24(31)6-4-7-25(23)32)30-37(29(39)27(19)21-5-3-8-26(40-2)28(21)33)20(17-41-30)16-34-9-10-35-11-13-36(18-38)14-12-35/h3-8,18,20,34H,9-17H2,1-2H3. The Balaban J connectivity index is 1.47. The molecule has 5 rings (SSSR count). The maximum absolute atomic E-state index is 15.5. The third kappa shape index (κ3) is 5.89. The number of rotatable bonds is 10. The van der Waals surface area contributed by atoms with Gasteiger partial charge in [-0.05, 0) is 36.2 Å². The molecule has 7 nitrogen and oxygen atoms in total. The number of piperazine rings is 1. The number of aromatic nitrogens is 1. The fourth-order valence-electron chi connectivity index (χ4n) is 5.58. The lowest BCUT2D eigenvalue weighted by molar-refractivity contribution is -0.119. The van der Waals surface area contributed by atoms with Crippen LogP contribution in [-0.4, -0.2) is 79.5 Å². The van der Waals surface area contributed by atoms with Crippen molar-refractivity contribution in [2.45, 2.75) is 24.4 Å². The maximum atomic E-state index is 15.5. The summed E-state index contributed by atoms with van der Waals surface area (Å²) in [6.07, 6.45) is 0.809. The maximum Gasteiger partial charge on any atom is 0.260 e. The molecule has 3 heterocycles. The van der Waals surface area contributed by atoms with Crippen molar-refractivity contribution in [2.24, 2.45) is 0 Å². The van der Waals surface area contributed by atoms with Crippen molar-refractivity contribution in [3.63, 3.8) is 0 Å². The van der Waals surface area contributed by atoms with E-state index >= 15 is 4.39 Å². The van der Waals surface area contributed by atoms with E-state index in [4.69, 9.17) is 4.74 Å². The molecule has 0 radical (unpaired) electrons. The van der Waals surface area contributed by atoms with Crippen LogP contribution in [-0.2, 0) is 11.2 Å². The predicted molar refractivity (Wildman–Crippen MR) is 153 cm³/mol. The SMILES string of the molecule is COc1cccc(-c2c(C)c(Cc3c(F)cccc3F)c3n(c2=O)C(CNCCN2CCN(C=O)CC2)CS3)c1F. The Morgan fingerprint density at radius 1 is 1.05 bits per heavy atom. The van der Waals surface area contributed by atoms with Gasteiger partial charge in [-0.15, -0.1) is 11.8 Å². The molecule has 41 heavy (non-hydrogen) atoms. The number of methoxy groups -OCH3 is 1. The second kappa shape index (κ2) is 12.7. The van der Waals surface area contributed by atoms with Gasteiger partial charge in [-0.3, -0.25) is 19.1 Å². The molecule has 1 fully saturated rings. The smallest absolute Gasteiger partial charge is 0.260 e. The first-order valence-electron chi connectivity index (χ1n) is 13.6. The van der Waals surface area contributed by atoms with Gasteiger partial charge in [-0.25, -0.2) is 13.2 Å². The molecule has 1 saturated heterocycles. The molecule has 1 unspecified atom stereocenters. The fourth-order valence-corrected chi connectivity index (χ4v) is 6.97. The molecule has 218 valence electrons. The number of benzene rings is 2. The van der Waals surface area contributed by atoms with Crippen LogP contribution in [0.15, 0.2) is 46.2 Å². The van der Waals surface area contributed by atoms with Crippen molar-refractivity contribution < 1.29 is 22.7 Å². The predicted octanol–water partition coefficient (Wildman–Crippen LogP) is 3.85. The number of carbonyl (C=O) groups is 1. The summed E-state index contributed by atoms with van der Waals surface area (Å²) >= 11 is 1.48. The van der Waals surface area contributed by atoms with Gasteiger partial charge in [-0.2, -0.15) is 0 Å². The van der Waals surface area contributed by atoms with Crippen LogP contribution in [0.2, 0.25) is 0 Å². The van der Waals surface area contributed by atoms with E-state index in [9.17, 15) is 18.4 Å². The van der Waals surface area contributed by atoms with E-state index in [0.29, 0.717) is 48.1 Å². The number of halogens is 3. The quantitative estimate of drug-likeness (QED) is 0.288. The average Bonchev–Trinajstić information content (AvgIpc) is 3.40. The van der Waals surface area contributed by atoms with Crippen LogP contribution in [0.4, 0.5) is 13.2 Å². The molecule has 2 aliphatic rings. The Morgan fingerprint density at radius 3 is 2.44 bits per heavy atom. The Labute approximate surface area is 241 Å². The molecule has 3 aromatic rings. The van der Waals surface area contributed by atoms with Gasteiger partial charge < -0.3 is 15.0 Å². The summed E-state index contributed by atoms with van der Waals surface area (Å²) in [5, 5.41) is 4.10. The summed E-state index contributed by atoms with van der Waals surface area (Å²) < 4.78 is 51.8. The van der Waals surface area contributed by atoms with Gasteiger partial charge in [0.2, 0.25) is 6.41 Å². The number of hydrogen-bond acceptors (Lipinski definition) is 6. The highest BCUT2D eigenvalue weighted by Gasteiger charge is 2.32. The Hall–Kier alpha value is -3.28. The Kier molecular flexibility index (Phi) is 9.06. The minimum Gasteiger partial charge on any atom is -0.494 e. The van der Waals surface area contributed by atoms with Gasteiger partial charge in [0.1, 0.15) is 11.6 Å². The molecule has 1 amide bonds. The average molecular weight is 587 g/mol. The number of amides is 1. The van der Waals surface area contributed by atoms with Gasteiger partial charge in [0.15, 0.2) is 11.6 Å². The number of fused-ring (bicyclic) bond motifs is 1. The second-order valence-electron chi connectivity index (χ2n) is 10.3. The molecule has 1 N–H and O–H groups in total. The third-order valence-electron chi connectivity index (χ3n) is 7.92. The van der Waals surface area contributed by atoms with Gasteiger partial charge in [0.25, 0.3) is 5.56 Å². The number of pyridine rings is 1. The number of hydrogen-bond donors (Lipinski definition) is 1. The zero-order valence-electron chi connectivity index (χ0n) is 23.1. The lowest BCUT2D eigenvalue weighted by atomic mass is 9.94. The van der Waals surface area contributed by atoms with E-state index in [1.807, 2.05) is 0 Å². The van der Waals surface area contributed by atoms with E-state index in [0.717, 1.165) is 26.0 Å². The van der Waals surface area contributed by atoms with Gasteiger partial charge in [-0.1, -0.05) is 18.2 Å². The first-order chi connectivity index (χ1) is 19.8. The summed E-state index contributed by atoms with van der Waals surface area (Å²) in [5.74, 6) is -1.39. The summed E-state index contributed by atoms with van der Waals surface area (Å²) in [5.41, 5.74) is 0.918. The van der Waals surface area contributed by atoms with Crippen molar-refractivity contribution in [2.75, 3.05) is 58.7 Å². The van der Waals surface area contributed by atoms with Crippen LogP contribution >= 0.6 is 11.8 Å². The number of nitrogens with one attached hydrogen (secondary N) is 1. The monoisotopic (exact) mass is 586 g/mol. The summed E-state index contributed by atoms with van der Waals surface area (Å²) in [4.78, 5) is 29.0. The lowest BCUT2D eigenvalue weighted by Crippen LogP contribution is -2.47. The van der Waals surface area contributed by atoms with E-state index < -0.39 is 17.5 Å². The minimum atomic E-state index is -0.668. The van der Waals surface area contributed by atoms with Gasteiger partial charge >= 0.3 is 0 Å². The summed E-state index contributed by atoms with van der Waals surface area (Å²) in [6, 6.07) is 8.14.